The summed E-state index contributed by atoms with van der Waals surface area (Å²) in [4.78, 5) is 0. The van der Waals surface area contributed by atoms with Crippen LogP contribution in [0.4, 0.5) is 0 Å². The lowest BCUT2D eigenvalue weighted by molar-refractivity contribution is 1.00. The van der Waals surface area contributed by atoms with Gasteiger partial charge >= 0.3 is 0 Å². The molecule has 100 valence electrons. The zero-order valence-electron chi connectivity index (χ0n) is 11.7. The van der Waals surface area contributed by atoms with E-state index in [1.165, 1.54) is 11.1 Å². The summed E-state index contributed by atoms with van der Waals surface area (Å²) in [5.74, 6) is 0. The number of benzene rings is 1. The van der Waals surface area contributed by atoms with Crippen molar-refractivity contribution in [3.05, 3.63) is 108 Å². The number of aryl methyl sites for hydroxylation is 1. The quantitative estimate of drug-likeness (QED) is 0.627. The molecule has 0 atom stereocenters. The van der Waals surface area contributed by atoms with Crippen LogP contribution >= 0.6 is 0 Å². The van der Waals surface area contributed by atoms with Gasteiger partial charge in [0.05, 0.1) is 0 Å². The van der Waals surface area contributed by atoms with Gasteiger partial charge in [-0.2, -0.15) is 0 Å². The second kappa shape index (κ2) is 7.96. The second-order valence-corrected chi connectivity index (χ2v) is 4.75. The molecule has 0 bridgehead atoms. The summed E-state index contributed by atoms with van der Waals surface area (Å²) in [6.07, 6.45) is 20.9. The summed E-state index contributed by atoms with van der Waals surface area (Å²) >= 11 is 0. The maximum atomic E-state index is 3.91. The molecule has 0 saturated heterocycles. The summed E-state index contributed by atoms with van der Waals surface area (Å²) in [6.45, 7) is 3.91. The zero-order chi connectivity index (χ0) is 14.0. The molecule has 0 heteroatoms. The molecule has 0 aromatic heterocycles. The normalized spacial score (nSPS) is 15.0. The van der Waals surface area contributed by atoms with Crippen molar-refractivity contribution >= 4 is 0 Å². The smallest absolute Gasteiger partial charge is 0.0244 e. The van der Waals surface area contributed by atoms with Gasteiger partial charge in [-0.1, -0.05) is 91.6 Å². The Balaban J connectivity index is 1.77. The molecule has 0 spiro atoms. The Morgan fingerprint density at radius 1 is 0.950 bits per heavy atom. The lowest BCUT2D eigenvalue weighted by atomic mass is 10.1. The van der Waals surface area contributed by atoms with Crippen LogP contribution in [-0.4, -0.2) is 0 Å². The molecule has 0 saturated carbocycles. The van der Waals surface area contributed by atoms with Gasteiger partial charge in [0.25, 0.3) is 0 Å². The van der Waals surface area contributed by atoms with E-state index in [1.807, 2.05) is 18.2 Å². The number of hydrogen-bond acceptors (Lipinski definition) is 0. The second-order valence-electron chi connectivity index (χ2n) is 4.75. The largest absolute Gasteiger partial charge is 0.0918 e. The van der Waals surface area contributed by atoms with Crippen molar-refractivity contribution in [2.45, 2.75) is 12.8 Å². The third-order valence-corrected chi connectivity index (χ3v) is 3.07. The van der Waals surface area contributed by atoms with Crippen LogP contribution in [0, 0.1) is 0 Å². The first-order valence-electron chi connectivity index (χ1n) is 6.97. The maximum absolute atomic E-state index is 3.91. The highest BCUT2D eigenvalue weighted by Crippen LogP contribution is 2.09. The van der Waals surface area contributed by atoms with E-state index in [0.717, 1.165) is 18.4 Å². The van der Waals surface area contributed by atoms with Gasteiger partial charge in [-0.25, -0.2) is 0 Å². The van der Waals surface area contributed by atoms with Gasteiger partial charge in [-0.15, -0.1) is 0 Å². The average Bonchev–Trinajstić information content (AvgIpc) is 2.68. The van der Waals surface area contributed by atoms with Crippen LogP contribution in [0.15, 0.2) is 103 Å². The monoisotopic (exact) mass is 260 g/mol. The van der Waals surface area contributed by atoms with Crippen LogP contribution in [0.25, 0.3) is 0 Å². The van der Waals surface area contributed by atoms with Gasteiger partial charge in [0.15, 0.2) is 0 Å². The van der Waals surface area contributed by atoms with Crippen molar-refractivity contribution in [1.29, 1.82) is 0 Å². The number of rotatable bonds is 5. The van der Waals surface area contributed by atoms with Crippen molar-refractivity contribution in [1.82, 2.24) is 0 Å². The Kier molecular flexibility index (Phi) is 5.60. The molecule has 1 aliphatic carbocycles. The van der Waals surface area contributed by atoms with Crippen molar-refractivity contribution in [3.63, 3.8) is 0 Å². The standard InChI is InChI=1S/C20H20/c1-18-10-9-15-20(17-16-18)14-6-3-2-5-11-19-12-7-4-8-13-19/h2-4,6-10,12-17H,1,5,11H2/b3-2+,14-6+. The highest BCUT2D eigenvalue weighted by Gasteiger charge is 1.89. The highest BCUT2D eigenvalue weighted by atomic mass is 14.0. The predicted octanol–water partition coefficient (Wildman–Crippen LogP) is 5.34. The Morgan fingerprint density at radius 3 is 2.65 bits per heavy atom. The molecule has 0 nitrogen and oxygen atoms in total. The highest BCUT2D eigenvalue weighted by molar-refractivity contribution is 5.44. The van der Waals surface area contributed by atoms with Crippen LogP contribution in [0.1, 0.15) is 12.0 Å². The van der Waals surface area contributed by atoms with Crippen LogP contribution in [-0.2, 0) is 6.42 Å². The summed E-state index contributed by atoms with van der Waals surface area (Å²) in [5.41, 5.74) is 3.61. The molecule has 0 heterocycles. The molecule has 0 amide bonds. The first-order valence-corrected chi connectivity index (χ1v) is 6.97. The molecule has 0 aliphatic heterocycles. The first kappa shape index (κ1) is 14.1. The SMILES string of the molecule is C=C1C=CC=C(/C=C/C=C/CCc2ccccc2)C=C1. The number of allylic oxidation sites excluding steroid dienone is 11. The maximum Gasteiger partial charge on any atom is -0.0244 e. The fourth-order valence-corrected chi connectivity index (χ4v) is 1.94. The molecule has 1 aromatic rings. The molecule has 2 rings (SSSR count). The molecule has 1 aliphatic rings. The average molecular weight is 260 g/mol. The predicted molar refractivity (Wildman–Crippen MR) is 88.5 cm³/mol. The van der Waals surface area contributed by atoms with Crippen molar-refractivity contribution < 1.29 is 0 Å². The summed E-state index contributed by atoms with van der Waals surface area (Å²) in [6, 6.07) is 10.6. The zero-order valence-corrected chi connectivity index (χ0v) is 11.7. The molecular formula is C20H20. The molecule has 1 aromatic carbocycles. The van der Waals surface area contributed by atoms with Crippen molar-refractivity contribution in [2.24, 2.45) is 0 Å². The molecule has 0 N–H and O–H groups in total. The van der Waals surface area contributed by atoms with E-state index >= 15 is 0 Å². The first-order chi connectivity index (χ1) is 9.84. The van der Waals surface area contributed by atoms with E-state index in [9.17, 15) is 0 Å². The van der Waals surface area contributed by atoms with Crippen LogP contribution < -0.4 is 0 Å². The topological polar surface area (TPSA) is 0 Å². The summed E-state index contributed by atoms with van der Waals surface area (Å²) in [5, 5.41) is 0. The van der Waals surface area contributed by atoms with E-state index in [-0.39, 0.29) is 0 Å². The van der Waals surface area contributed by atoms with E-state index in [2.05, 4.69) is 73.4 Å². The fraction of sp³-hybridized carbons (Fsp3) is 0.100. The molecule has 20 heavy (non-hydrogen) atoms. The van der Waals surface area contributed by atoms with Crippen molar-refractivity contribution in [3.8, 4) is 0 Å². The fourth-order valence-electron chi connectivity index (χ4n) is 1.94. The minimum absolute atomic E-state index is 1.03. The van der Waals surface area contributed by atoms with E-state index in [4.69, 9.17) is 0 Å². The Morgan fingerprint density at radius 2 is 1.80 bits per heavy atom. The Bertz CT molecular complexity index is 578. The van der Waals surface area contributed by atoms with Crippen LogP contribution in [0.5, 0.6) is 0 Å². The Labute approximate surface area is 121 Å². The van der Waals surface area contributed by atoms with Gasteiger partial charge in [0.1, 0.15) is 0 Å². The van der Waals surface area contributed by atoms with Crippen molar-refractivity contribution in [2.75, 3.05) is 0 Å². The van der Waals surface area contributed by atoms with E-state index in [1.54, 1.807) is 0 Å². The van der Waals surface area contributed by atoms with E-state index in [0.29, 0.717) is 0 Å². The van der Waals surface area contributed by atoms with Gasteiger partial charge in [0.2, 0.25) is 0 Å². The van der Waals surface area contributed by atoms with Gasteiger partial charge in [-0.3, -0.25) is 0 Å². The minimum atomic E-state index is 1.03. The van der Waals surface area contributed by atoms with Gasteiger partial charge < -0.3 is 0 Å². The molecule has 0 unspecified atom stereocenters. The minimum Gasteiger partial charge on any atom is -0.0918 e. The summed E-state index contributed by atoms with van der Waals surface area (Å²) in [7, 11) is 0. The number of hydrogen-bond donors (Lipinski definition) is 0. The third-order valence-electron chi connectivity index (χ3n) is 3.07. The van der Waals surface area contributed by atoms with Gasteiger partial charge in [-0.05, 0) is 29.6 Å². The summed E-state index contributed by atoms with van der Waals surface area (Å²) < 4.78 is 0. The molecule has 0 fully saturated rings. The lowest BCUT2D eigenvalue weighted by Crippen LogP contribution is -1.80. The van der Waals surface area contributed by atoms with Crippen LogP contribution in [0.3, 0.4) is 0 Å². The molecular weight excluding hydrogens is 240 g/mol. The molecule has 0 radical (unpaired) electrons. The Hall–Kier alpha value is -2.34. The van der Waals surface area contributed by atoms with Crippen LogP contribution in [0.2, 0.25) is 0 Å². The third kappa shape index (κ3) is 5.11. The lowest BCUT2D eigenvalue weighted by Gasteiger charge is -1.95. The van der Waals surface area contributed by atoms with E-state index < -0.39 is 0 Å². The van der Waals surface area contributed by atoms with Gasteiger partial charge in [0, 0.05) is 0 Å².